The van der Waals surface area contributed by atoms with E-state index in [0.717, 1.165) is 25.1 Å². The number of halogens is 8. The minimum Gasteiger partial charge on any atom is -0.530 e. The summed E-state index contributed by atoms with van der Waals surface area (Å²) in [6, 6.07) is 1.08. The van der Waals surface area contributed by atoms with E-state index >= 15 is 0 Å². The number of nitrogens with zero attached hydrogens (tertiary/aromatic N) is 1. The van der Waals surface area contributed by atoms with Crippen LogP contribution in [0.1, 0.15) is 13.3 Å². The first-order valence-electron chi connectivity index (χ1n) is 6.43. The van der Waals surface area contributed by atoms with Crippen molar-refractivity contribution in [2.75, 3.05) is 4.90 Å². The molecule has 1 unspecified atom stereocenters. The molecule has 1 N–H and O–H groups in total. The van der Waals surface area contributed by atoms with Crippen molar-refractivity contribution in [1.82, 2.24) is 0 Å². The molecule has 0 aliphatic carbocycles. The lowest BCUT2D eigenvalue weighted by molar-refractivity contribution is -0.370. The molecule has 0 aromatic heterocycles. The highest BCUT2D eigenvalue weighted by atomic mass is 35.5. The van der Waals surface area contributed by atoms with Gasteiger partial charge in [0.05, 0.1) is 10.0 Å². The smallest absolute Gasteiger partial charge is 0.426 e. The van der Waals surface area contributed by atoms with Crippen molar-refractivity contribution in [3.05, 3.63) is 28.2 Å². The molecule has 142 valence electrons. The molecule has 0 saturated heterocycles. The second-order valence-corrected chi connectivity index (χ2v) is 5.96. The standard InChI is InChI=1S/C13H11Cl2F6NO3/c1-6(5-11(25,12(16,17)18)13(19,20)21)22(10(23)24)7-2-3-8(14)9(15)4-7/h2-4,6,25H,5H2,1H3,(H,23,24)/p-1. The number of carbonyl (C=O) groups excluding carboxylic acids is 1. The third-order valence-electron chi connectivity index (χ3n) is 3.35. The number of amides is 1. The Hall–Kier alpha value is -1.39. The number of alkyl halides is 6. The third-order valence-corrected chi connectivity index (χ3v) is 4.09. The molecule has 12 heteroatoms. The van der Waals surface area contributed by atoms with Crippen molar-refractivity contribution < 1.29 is 41.4 Å². The quantitative estimate of drug-likeness (QED) is 0.765. The Kier molecular flexibility index (Phi) is 6.13. The van der Waals surface area contributed by atoms with Crippen LogP contribution in [0.4, 0.5) is 36.8 Å². The van der Waals surface area contributed by atoms with Crippen molar-refractivity contribution in [3.63, 3.8) is 0 Å². The molecule has 1 atom stereocenters. The van der Waals surface area contributed by atoms with E-state index in [4.69, 9.17) is 23.2 Å². The Morgan fingerprint density at radius 3 is 2.00 bits per heavy atom. The fourth-order valence-electron chi connectivity index (χ4n) is 2.09. The van der Waals surface area contributed by atoms with E-state index in [1.165, 1.54) is 0 Å². The third kappa shape index (κ3) is 4.42. The molecular formula is C13H10Cl2F6NO3-. The first-order valence-corrected chi connectivity index (χ1v) is 7.18. The van der Waals surface area contributed by atoms with E-state index in [-0.39, 0.29) is 20.6 Å². The molecule has 0 saturated carbocycles. The van der Waals surface area contributed by atoms with Crippen LogP contribution in [0.2, 0.25) is 10.0 Å². The second-order valence-electron chi connectivity index (χ2n) is 5.14. The molecule has 0 heterocycles. The largest absolute Gasteiger partial charge is 0.530 e. The van der Waals surface area contributed by atoms with Gasteiger partial charge in [-0.15, -0.1) is 0 Å². The van der Waals surface area contributed by atoms with Crippen LogP contribution in [-0.4, -0.2) is 35.2 Å². The Balaban J connectivity index is 3.29. The summed E-state index contributed by atoms with van der Waals surface area (Å²) >= 11 is 11.3. The molecule has 1 aromatic rings. The van der Waals surface area contributed by atoms with Gasteiger partial charge in [0.25, 0.3) is 5.60 Å². The summed E-state index contributed by atoms with van der Waals surface area (Å²) in [6.45, 7) is 0.751. The van der Waals surface area contributed by atoms with Crippen LogP contribution in [0.25, 0.3) is 0 Å². The van der Waals surface area contributed by atoms with Gasteiger partial charge in [0.2, 0.25) is 0 Å². The molecule has 0 bridgehead atoms. The highest BCUT2D eigenvalue weighted by Crippen LogP contribution is 2.46. The molecule has 1 rings (SSSR count). The SMILES string of the molecule is CC(CC(O)(C(F)(F)F)C(F)(F)F)N(C(=O)[O-])c1ccc(Cl)c(Cl)c1. The monoisotopic (exact) mass is 412 g/mol. The number of carbonyl (C=O) groups is 1. The van der Waals surface area contributed by atoms with Crippen LogP contribution < -0.4 is 10.0 Å². The normalized spacial score (nSPS) is 14.3. The van der Waals surface area contributed by atoms with Crippen LogP contribution in [-0.2, 0) is 0 Å². The number of rotatable bonds is 4. The van der Waals surface area contributed by atoms with Gasteiger partial charge in [-0.3, -0.25) is 0 Å². The molecule has 25 heavy (non-hydrogen) atoms. The van der Waals surface area contributed by atoms with Crippen LogP contribution in [0, 0.1) is 0 Å². The second kappa shape index (κ2) is 7.08. The summed E-state index contributed by atoms with van der Waals surface area (Å²) < 4.78 is 76.5. The number of aliphatic hydroxyl groups is 1. The zero-order valence-electron chi connectivity index (χ0n) is 12.3. The van der Waals surface area contributed by atoms with Gasteiger partial charge in [-0.1, -0.05) is 23.2 Å². The van der Waals surface area contributed by atoms with Gasteiger partial charge in [-0.05, 0) is 25.1 Å². The van der Waals surface area contributed by atoms with Gasteiger partial charge >= 0.3 is 12.4 Å². The maximum atomic E-state index is 12.8. The number of anilines is 1. The predicted molar refractivity (Wildman–Crippen MR) is 75.5 cm³/mol. The molecule has 0 spiro atoms. The van der Waals surface area contributed by atoms with Gasteiger partial charge in [0, 0.05) is 18.2 Å². The molecule has 4 nitrogen and oxygen atoms in total. The van der Waals surface area contributed by atoms with Crippen molar-refractivity contribution >= 4 is 35.0 Å². The van der Waals surface area contributed by atoms with E-state index < -0.39 is 36.5 Å². The first kappa shape index (κ1) is 21.7. The summed E-state index contributed by atoms with van der Waals surface area (Å²) in [5.41, 5.74) is -5.47. The number of hydrogen-bond acceptors (Lipinski definition) is 3. The summed E-state index contributed by atoms with van der Waals surface area (Å²) in [6.07, 6.45) is -16.2. The fourth-order valence-corrected chi connectivity index (χ4v) is 2.38. The highest BCUT2D eigenvalue weighted by molar-refractivity contribution is 6.42. The van der Waals surface area contributed by atoms with Crippen molar-refractivity contribution in [2.45, 2.75) is 37.3 Å². The molecule has 1 aromatic carbocycles. The Morgan fingerprint density at radius 2 is 1.64 bits per heavy atom. The van der Waals surface area contributed by atoms with Crippen LogP contribution >= 0.6 is 23.2 Å². The Morgan fingerprint density at radius 1 is 1.16 bits per heavy atom. The van der Waals surface area contributed by atoms with Gasteiger partial charge in [-0.25, -0.2) is 0 Å². The minimum atomic E-state index is -6.07. The Bertz CT molecular complexity index is 636. The van der Waals surface area contributed by atoms with Gasteiger partial charge in [0.1, 0.15) is 6.09 Å². The molecule has 0 aliphatic rings. The molecule has 1 amide bonds. The highest BCUT2D eigenvalue weighted by Gasteiger charge is 2.70. The van der Waals surface area contributed by atoms with E-state index in [9.17, 15) is 41.4 Å². The van der Waals surface area contributed by atoms with Crippen molar-refractivity contribution in [2.24, 2.45) is 0 Å². The fraction of sp³-hybridized carbons (Fsp3) is 0.462. The minimum absolute atomic E-state index is 0.0153. The molecular weight excluding hydrogens is 403 g/mol. The topological polar surface area (TPSA) is 63.6 Å². The summed E-state index contributed by atoms with van der Waals surface area (Å²) in [5, 5.41) is 20.2. The number of benzene rings is 1. The molecule has 0 fully saturated rings. The first-order chi connectivity index (χ1) is 11.1. The summed E-state index contributed by atoms with van der Waals surface area (Å²) in [5.74, 6) is 0. The van der Waals surface area contributed by atoms with Crippen LogP contribution in [0.3, 0.4) is 0 Å². The lowest BCUT2D eigenvalue weighted by Crippen LogP contribution is -2.60. The van der Waals surface area contributed by atoms with Gasteiger partial charge in [0.15, 0.2) is 0 Å². The van der Waals surface area contributed by atoms with E-state index in [1.54, 1.807) is 0 Å². The summed E-state index contributed by atoms with van der Waals surface area (Å²) in [4.78, 5) is 11.3. The average molecular weight is 413 g/mol. The van der Waals surface area contributed by atoms with Crippen LogP contribution in [0.5, 0.6) is 0 Å². The summed E-state index contributed by atoms with van der Waals surface area (Å²) in [7, 11) is 0. The maximum absolute atomic E-state index is 12.8. The van der Waals surface area contributed by atoms with E-state index in [1.807, 2.05) is 0 Å². The zero-order chi connectivity index (χ0) is 19.8. The lowest BCUT2D eigenvalue weighted by atomic mass is 9.93. The maximum Gasteiger partial charge on any atom is 0.426 e. The zero-order valence-corrected chi connectivity index (χ0v) is 13.8. The Labute approximate surface area is 147 Å². The van der Waals surface area contributed by atoms with E-state index in [0.29, 0.717) is 0 Å². The predicted octanol–water partition coefficient (Wildman–Crippen LogP) is 3.78. The van der Waals surface area contributed by atoms with Crippen molar-refractivity contribution in [1.29, 1.82) is 0 Å². The number of carboxylic acid groups (broad SMARTS) is 1. The molecule has 0 radical (unpaired) electrons. The van der Waals surface area contributed by atoms with Crippen LogP contribution in [0.15, 0.2) is 18.2 Å². The number of hydrogen-bond donors (Lipinski definition) is 1. The van der Waals surface area contributed by atoms with Gasteiger partial charge < -0.3 is 19.9 Å². The lowest BCUT2D eigenvalue weighted by Gasteiger charge is -2.39. The average Bonchev–Trinajstić information content (AvgIpc) is 2.39. The molecule has 0 aliphatic heterocycles. The van der Waals surface area contributed by atoms with Crippen molar-refractivity contribution in [3.8, 4) is 0 Å². The van der Waals surface area contributed by atoms with Gasteiger partial charge in [-0.2, -0.15) is 26.3 Å². The van der Waals surface area contributed by atoms with E-state index in [2.05, 4.69) is 0 Å².